The molecule has 4 rings (SSSR count). The molecule has 0 unspecified atom stereocenters. The Hall–Kier alpha value is -2.95. The Bertz CT molecular complexity index is 1210. The number of carbonyl (C=O) groups excluding carboxylic acids is 1. The summed E-state index contributed by atoms with van der Waals surface area (Å²) >= 11 is 11.9. The van der Waals surface area contributed by atoms with E-state index in [1.807, 2.05) is 60.8 Å². The fourth-order valence-corrected chi connectivity index (χ4v) is 4.39. The molecule has 2 heterocycles. The highest BCUT2D eigenvalue weighted by Gasteiger charge is 2.50. The Labute approximate surface area is 178 Å². The fraction of sp³-hybridized carbons (Fsp3) is 0.238. The highest BCUT2D eigenvalue weighted by Crippen LogP contribution is 2.38. The standard InChI is InChI=1S/C21H18ClN5OS/c1-4-25-18-8-7-16(9-14(18)12-24-25)27-20(29)26(19(28)21(27,2)3)15-6-5-13(11-23)17(22)10-15/h5-10,12H,4H2,1-3H3. The van der Waals surface area contributed by atoms with Gasteiger partial charge in [-0.3, -0.25) is 14.4 Å². The molecule has 146 valence electrons. The van der Waals surface area contributed by atoms with Crippen molar-refractivity contribution in [2.75, 3.05) is 9.80 Å². The number of carbonyl (C=O) groups is 1. The molecule has 1 aliphatic heterocycles. The minimum atomic E-state index is -0.883. The molecule has 1 aliphatic rings. The van der Waals surface area contributed by atoms with E-state index in [0.29, 0.717) is 16.4 Å². The van der Waals surface area contributed by atoms with E-state index < -0.39 is 5.54 Å². The van der Waals surface area contributed by atoms with Gasteiger partial charge in [-0.2, -0.15) is 10.4 Å². The Balaban J connectivity index is 1.79. The number of nitriles is 1. The fourth-order valence-electron chi connectivity index (χ4n) is 3.66. The number of aryl methyl sites for hydroxylation is 1. The van der Waals surface area contributed by atoms with Crippen molar-refractivity contribution in [1.82, 2.24) is 9.78 Å². The molecule has 0 spiro atoms. The van der Waals surface area contributed by atoms with E-state index >= 15 is 0 Å². The molecule has 0 bridgehead atoms. The highest BCUT2D eigenvalue weighted by molar-refractivity contribution is 7.81. The van der Waals surface area contributed by atoms with E-state index in [9.17, 15) is 4.79 Å². The van der Waals surface area contributed by atoms with Crippen LogP contribution in [0, 0.1) is 11.3 Å². The monoisotopic (exact) mass is 423 g/mol. The normalized spacial score (nSPS) is 16.0. The lowest BCUT2D eigenvalue weighted by Gasteiger charge is -2.29. The number of benzene rings is 2. The Morgan fingerprint density at radius 1 is 1.21 bits per heavy atom. The predicted molar refractivity (Wildman–Crippen MR) is 118 cm³/mol. The van der Waals surface area contributed by atoms with Crippen LogP contribution in [0.4, 0.5) is 11.4 Å². The lowest BCUT2D eigenvalue weighted by atomic mass is 10.0. The summed E-state index contributed by atoms with van der Waals surface area (Å²) in [5.74, 6) is -0.160. The lowest BCUT2D eigenvalue weighted by molar-refractivity contribution is -0.120. The molecular weight excluding hydrogens is 406 g/mol. The Morgan fingerprint density at radius 3 is 2.59 bits per heavy atom. The zero-order chi connectivity index (χ0) is 20.9. The van der Waals surface area contributed by atoms with Gasteiger partial charge in [0.15, 0.2) is 5.11 Å². The zero-order valence-corrected chi connectivity index (χ0v) is 17.8. The summed E-state index contributed by atoms with van der Waals surface area (Å²) in [7, 11) is 0. The molecule has 3 aromatic rings. The first kappa shape index (κ1) is 19.4. The molecular formula is C21H18ClN5OS. The van der Waals surface area contributed by atoms with E-state index in [1.165, 1.54) is 4.90 Å². The molecule has 29 heavy (non-hydrogen) atoms. The second-order valence-corrected chi connectivity index (χ2v) is 8.07. The Kier molecular flexibility index (Phi) is 4.56. The van der Waals surface area contributed by atoms with Gasteiger partial charge in [0.1, 0.15) is 11.6 Å². The summed E-state index contributed by atoms with van der Waals surface area (Å²) in [6.07, 6.45) is 1.81. The van der Waals surface area contributed by atoms with Crippen LogP contribution in [0.2, 0.25) is 5.02 Å². The van der Waals surface area contributed by atoms with E-state index in [-0.39, 0.29) is 10.9 Å². The smallest absolute Gasteiger partial charge is 0.259 e. The summed E-state index contributed by atoms with van der Waals surface area (Å²) in [4.78, 5) is 16.6. The van der Waals surface area contributed by atoms with Crippen LogP contribution in [0.15, 0.2) is 42.6 Å². The van der Waals surface area contributed by atoms with Gasteiger partial charge in [0, 0.05) is 17.6 Å². The minimum Gasteiger partial charge on any atom is -0.304 e. The first-order valence-corrected chi connectivity index (χ1v) is 9.92. The van der Waals surface area contributed by atoms with Gasteiger partial charge in [0.25, 0.3) is 5.91 Å². The van der Waals surface area contributed by atoms with Crippen LogP contribution in [0.5, 0.6) is 0 Å². The number of anilines is 2. The summed E-state index contributed by atoms with van der Waals surface area (Å²) in [6, 6.07) is 12.8. The van der Waals surface area contributed by atoms with Gasteiger partial charge in [-0.05, 0) is 69.4 Å². The van der Waals surface area contributed by atoms with Crippen molar-refractivity contribution in [3.05, 3.63) is 53.2 Å². The van der Waals surface area contributed by atoms with Crippen molar-refractivity contribution in [2.45, 2.75) is 32.9 Å². The van der Waals surface area contributed by atoms with Crippen molar-refractivity contribution in [3.63, 3.8) is 0 Å². The SMILES string of the molecule is CCn1ncc2cc(N3C(=S)N(c4ccc(C#N)c(Cl)c4)C(=O)C3(C)C)ccc21. The van der Waals surface area contributed by atoms with E-state index in [1.54, 1.807) is 18.2 Å². The molecule has 1 aromatic heterocycles. The first-order valence-electron chi connectivity index (χ1n) is 9.13. The molecule has 1 saturated heterocycles. The molecule has 1 amide bonds. The highest BCUT2D eigenvalue weighted by atomic mass is 35.5. The van der Waals surface area contributed by atoms with Gasteiger partial charge in [-0.1, -0.05) is 11.6 Å². The number of thiocarbonyl (C=S) groups is 1. The second kappa shape index (κ2) is 6.83. The topological polar surface area (TPSA) is 65.2 Å². The number of aromatic nitrogens is 2. The van der Waals surface area contributed by atoms with Crippen molar-refractivity contribution in [3.8, 4) is 6.07 Å². The summed E-state index contributed by atoms with van der Waals surface area (Å²) < 4.78 is 1.92. The van der Waals surface area contributed by atoms with Crippen LogP contribution in [0.1, 0.15) is 26.3 Å². The van der Waals surface area contributed by atoms with Crippen LogP contribution in [0.3, 0.4) is 0 Å². The van der Waals surface area contributed by atoms with Crippen LogP contribution in [-0.2, 0) is 11.3 Å². The van der Waals surface area contributed by atoms with Gasteiger partial charge in [0.2, 0.25) is 0 Å². The quantitative estimate of drug-likeness (QED) is 0.580. The van der Waals surface area contributed by atoms with Crippen molar-refractivity contribution >= 4 is 57.1 Å². The van der Waals surface area contributed by atoms with Crippen LogP contribution in [0.25, 0.3) is 10.9 Å². The second-order valence-electron chi connectivity index (χ2n) is 7.30. The van der Waals surface area contributed by atoms with E-state index in [2.05, 4.69) is 5.10 Å². The van der Waals surface area contributed by atoms with Crippen LogP contribution in [-0.4, -0.2) is 26.3 Å². The largest absolute Gasteiger partial charge is 0.304 e. The Morgan fingerprint density at radius 2 is 1.93 bits per heavy atom. The number of nitrogens with zero attached hydrogens (tertiary/aromatic N) is 5. The molecule has 0 N–H and O–H groups in total. The minimum absolute atomic E-state index is 0.160. The van der Waals surface area contributed by atoms with Crippen LogP contribution < -0.4 is 9.80 Å². The van der Waals surface area contributed by atoms with Gasteiger partial charge in [-0.25, -0.2) is 0 Å². The maximum absolute atomic E-state index is 13.3. The number of amides is 1. The predicted octanol–water partition coefficient (Wildman–Crippen LogP) is 4.50. The van der Waals surface area contributed by atoms with E-state index in [4.69, 9.17) is 29.1 Å². The van der Waals surface area contributed by atoms with Gasteiger partial charge in [-0.15, -0.1) is 0 Å². The third-order valence-electron chi connectivity index (χ3n) is 5.18. The third-order valence-corrected chi connectivity index (χ3v) is 5.86. The average molecular weight is 424 g/mol. The number of rotatable bonds is 3. The molecule has 0 saturated carbocycles. The molecule has 2 aromatic carbocycles. The molecule has 6 nitrogen and oxygen atoms in total. The average Bonchev–Trinajstić information content (AvgIpc) is 3.17. The number of hydrogen-bond acceptors (Lipinski definition) is 4. The van der Waals surface area contributed by atoms with Gasteiger partial charge < -0.3 is 4.90 Å². The number of hydrogen-bond donors (Lipinski definition) is 0. The zero-order valence-electron chi connectivity index (χ0n) is 16.2. The van der Waals surface area contributed by atoms with E-state index in [0.717, 1.165) is 23.1 Å². The molecule has 0 radical (unpaired) electrons. The van der Waals surface area contributed by atoms with Crippen molar-refractivity contribution < 1.29 is 4.79 Å². The van der Waals surface area contributed by atoms with Crippen molar-refractivity contribution in [2.24, 2.45) is 0 Å². The lowest BCUT2D eigenvalue weighted by Crippen LogP contribution is -2.44. The molecule has 0 aliphatic carbocycles. The third kappa shape index (κ3) is 2.87. The number of halogens is 1. The van der Waals surface area contributed by atoms with Crippen molar-refractivity contribution in [1.29, 1.82) is 5.26 Å². The summed E-state index contributed by atoms with van der Waals surface area (Å²) in [5.41, 5.74) is 1.85. The number of fused-ring (bicyclic) bond motifs is 1. The summed E-state index contributed by atoms with van der Waals surface area (Å²) in [5, 5.41) is 15.1. The first-order chi connectivity index (χ1) is 13.8. The maximum atomic E-state index is 13.3. The molecule has 0 atom stereocenters. The molecule has 1 fully saturated rings. The van der Waals surface area contributed by atoms with Gasteiger partial charge >= 0.3 is 0 Å². The molecule has 8 heteroatoms. The maximum Gasteiger partial charge on any atom is 0.259 e. The van der Waals surface area contributed by atoms with Crippen LogP contribution >= 0.6 is 23.8 Å². The summed E-state index contributed by atoms with van der Waals surface area (Å²) in [6.45, 7) is 6.50. The van der Waals surface area contributed by atoms with Gasteiger partial charge in [0.05, 0.1) is 28.0 Å².